The number of carboxylic acid groups (broad SMARTS) is 2. The van der Waals surface area contributed by atoms with E-state index in [4.69, 9.17) is 5.11 Å². The third kappa shape index (κ3) is 5.97. The van der Waals surface area contributed by atoms with E-state index in [2.05, 4.69) is 0 Å². The monoisotopic (exact) mass is 260 g/mol. The molecule has 0 saturated carbocycles. The van der Waals surface area contributed by atoms with Gasteiger partial charge in [-0.3, -0.25) is 9.59 Å². The smallest absolute Gasteiger partial charge is 0.310 e. The molecule has 0 aromatic carbocycles. The Balaban J connectivity index is 4.89. The second-order valence-corrected chi connectivity index (χ2v) is 5.26. The predicted octanol–water partition coefficient (Wildman–Crippen LogP) is 0.436. The van der Waals surface area contributed by atoms with Gasteiger partial charge < -0.3 is 20.0 Å². The molecule has 0 aliphatic heterocycles. The summed E-state index contributed by atoms with van der Waals surface area (Å²) in [7, 11) is 7.39. The van der Waals surface area contributed by atoms with Gasteiger partial charge in [0, 0.05) is 0 Å². The Morgan fingerprint density at radius 1 is 0.944 bits per heavy atom. The molecule has 0 aromatic heterocycles. The molecule has 18 heavy (non-hydrogen) atoms. The van der Waals surface area contributed by atoms with Gasteiger partial charge in [-0.15, -0.1) is 0 Å². The van der Waals surface area contributed by atoms with E-state index in [9.17, 15) is 14.7 Å². The van der Waals surface area contributed by atoms with Crippen molar-refractivity contribution in [1.82, 2.24) is 9.80 Å². The van der Waals surface area contributed by atoms with Crippen LogP contribution >= 0.6 is 0 Å². The molecule has 0 unspecified atom stereocenters. The first-order chi connectivity index (χ1) is 8.19. The molecule has 0 fully saturated rings. The lowest BCUT2D eigenvalue weighted by molar-refractivity contribution is -0.157. The fraction of sp³-hybridized carbons (Fsp3) is 0.833. The van der Waals surface area contributed by atoms with Crippen molar-refractivity contribution in [3.8, 4) is 0 Å². The fourth-order valence-corrected chi connectivity index (χ4v) is 1.76. The Morgan fingerprint density at radius 2 is 1.33 bits per heavy atom. The maximum atomic E-state index is 11.5. The standard InChI is InChI=1S/C12H24N2O4/c1-13(2)7-5-12(11(17)18,9-10(15)16)6-8-14(3)4/h5-9H2,1-4H3,(H,15,16)(H,17,18). The molecular weight excluding hydrogens is 236 g/mol. The number of carbonyl (C=O) groups is 2. The lowest BCUT2D eigenvalue weighted by atomic mass is 9.77. The first kappa shape index (κ1) is 16.9. The SMILES string of the molecule is CN(C)CCC(CCN(C)C)(CC(=O)O)C(=O)O. The Morgan fingerprint density at radius 3 is 1.56 bits per heavy atom. The van der Waals surface area contributed by atoms with Crippen molar-refractivity contribution in [3.05, 3.63) is 0 Å². The topological polar surface area (TPSA) is 81.1 Å². The van der Waals surface area contributed by atoms with Crippen molar-refractivity contribution < 1.29 is 19.8 Å². The molecule has 0 spiro atoms. The van der Waals surface area contributed by atoms with Crippen LogP contribution in [0, 0.1) is 5.41 Å². The largest absolute Gasteiger partial charge is 0.481 e. The van der Waals surface area contributed by atoms with Crippen molar-refractivity contribution >= 4 is 11.9 Å². The molecule has 6 nitrogen and oxygen atoms in total. The zero-order chi connectivity index (χ0) is 14.3. The second kappa shape index (κ2) is 7.33. The van der Waals surface area contributed by atoms with Crippen LogP contribution in [0.5, 0.6) is 0 Å². The first-order valence-corrected chi connectivity index (χ1v) is 5.94. The molecule has 106 valence electrons. The minimum atomic E-state index is -1.18. The van der Waals surface area contributed by atoms with Crippen LogP contribution in [0.15, 0.2) is 0 Å². The fourth-order valence-electron chi connectivity index (χ4n) is 1.76. The quantitative estimate of drug-likeness (QED) is 0.626. The third-order valence-corrected chi connectivity index (χ3v) is 3.02. The highest BCUT2D eigenvalue weighted by Crippen LogP contribution is 2.32. The highest BCUT2D eigenvalue weighted by molar-refractivity contribution is 5.81. The second-order valence-electron chi connectivity index (χ2n) is 5.26. The van der Waals surface area contributed by atoms with Gasteiger partial charge in [0.25, 0.3) is 0 Å². The summed E-state index contributed by atoms with van der Waals surface area (Å²) in [4.78, 5) is 26.1. The Bertz CT molecular complexity index is 278. The minimum absolute atomic E-state index is 0.329. The molecule has 0 rings (SSSR count). The molecule has 6 heteroatoms. The van der Waals surface area contributed by atoms with Crippen LogP contribution < -0.4 is 0 Å². The summed E-state index contributed by atoms with van der Waals surface area (Å²) < 4.78 is 0. The molecule has 0 saturated heterocycles. The summed E-state index contributed by atoms with van der Waals surface area (Å²) >= 11 is 0. The maximum absolute atomic E-state index is 11.5. The number of carboxylic acids is 2. The van der Waals surface area contributed by atoms with E-state index >= 15 is 0 Å². The van der Waals surface area contributed by atoms with E-state index in [1.165, 1.54) is 0 Å². The van der Waals surface area contributed by atoms with Gasteiger partial charge in [0.05, 0.1) is 11.8 Å². The van der Waals surface area contributed by atoms with Crippen molar-refractivity contribution in [2.24, 2.45) is 5.41 Å². The predicted molar refractivity (Wildman–Crippen MR) is 68.7 cm³/mol. The summed E-state index contributed by atoms with van der Waals surface area (Å²) in [5, 5.41) is 18.3. The number of aliphatic carboxylic acids is 2. The third-order valence-electron chi connectivity index (χ3n) is 3.02. The van der Waals surface area contributed by atoms with Gasteiger partial charge in [-0.25, -0.2) is 0 Å². The highest BCUT2D eigenvalue weighted by atomic mass is 16.4. The summed E-state index contributed by atoms with van der Waals surface area (Å²) in [5.74, 6) is -2.08. The summed E-state index contributed by atoms with van der Waals surface area (Å²) in [6, 6.07) is 0. The number of nitrogens with zero attached hydrogens (tertiary/aromatic N) is 2. The van der Waals surface area contributed by atoms with Crippen molar-refractivity contribution in [3.63, 3.8) is 0 Å². The van der Waals surface area contributed by atoms with Crippen LogP contribution in [-0.2, 0) is 9.59 Å². The Hall–Kier alpha value is -1.14. The Labute approximate surface area is 108 Å². The average Bonchev–Trinajstić information content (AvgIpc) is 2.21. The average molecular weight is 260 g/mol. The van der Waals surface area contributed by atoms with E-state index < -0.39 is 17.4 Å². The highest BCUT2D eigenvalue weighted by Gasteiger charge is 2.40. The van der Waals surface area contributed by atoms with Gasteiger partial charge in [0.15, 0.2) is 0 Å². The molecule has 0 aromatic rings. The zero-order valence-electron chi connectivity index (χ0n) is 11.6. The summed E-state index contributed by atoms with van der Waals surface area (Å²) in [6.45, 7) is 1.13. The molecular formula is C12H24N2O4. The van der Waals surface area contributed by atoms with Gasteiger partial charge in [-0.05, 0) is 54.1 Å². The molecule has 0 radical (unpaired) electrons. The molecule has 0 atom stereocenters. The number of rotatable bonds is 9. The van der Waals surface area contributed by atoms with Crippen LogP contribution in [0.1, 0.15) is 19.3 Å². The number of hydrogen-bond acceptors (Lipinski definition) is 4. The zero-order valence-corrected chi connectivity index (χ0v) is 11.6. The molecule has 0 amide bonds. The first-order valence-electron chi connectivity index (χ1n) is 5.94. The van der Waals surface area contributed by atoms with Crippen LogP contribution in [0.4, 0.5) is 0 Å². The van der Waals surface area contributed by atoms with Gasteiger partial charge in [0.1, 0.15) is 0 Å². The van der Waals surface area contributed by atoms with Gasteiger partial charge in [0.2, 0.25) is 0 Å². The van der Waals surface area contributed by atoms with Crippen molar-refractivity contribution in [2.75, 3.05) is 41.3 Å². The summed E-state index contributed by atoms with van der Waals surface area (Å²) in [6.07, 6.45) is 0.356. The van der Waals surface area contributed by atoms with E-state index in [1.807, 2.05) is 38.0 Å². The Kier molecular flexibility index (Phi) is 6.86. The molecule has 0 aliphatic carbocycles. The minimum Gasteiger partial charge on any atom is -0.481 e. The normalized spacial score (nSPS) is 12.1. The van der Waals surface area contributed by atoms with Gasteiger partial charge >= 0.3 is 11.9 Å². The number of hydrogen-bond donors (Lipinski definition) is 2. The van der Waals surface area contributed by atoms with Crippen LogP contribution in [0.25, 0.3) is 0 Å². The van der Waals surface area contributed by atoms with Crippen molar-refractivity contribution in [1.29, 1.82) is 0 Å². The maximum Gasteiger partial charge on any atom is 0.310 e. The molecule has 0 bridgehead atoms. The van der Waals surface area contributed by atoms with E-state index in [-0.39, 0.29) is 6.42 Å². The van der Waals surface area contributed by atoms with Crippen LogP contribution in [-0.4, -0.2) is 73.2 Å². The van der Waals surface area contributed by atoms with Gasteiger partial charge in [-0.2, -0.15) is 0 Å². The van der Waals surface area contributed by atoms with Gasteiger partial charge in [-0.1, -0.05) is 0 Å². The molecule has 0 aliphatic rings. The lowest BCUT2D eigenvalue weighted by Crippen LogP contribution is -2.39. The van der Waals surface area contributed by atoms with E-state index in [0.717, 1.165) is 0 Å². The lowest BCUT2D eigenvalue weighted by Gasteiger charge is -2.30. The summed E-state index contributed by atoms with van der Waals surface area (Å²) in [5.41, 5.74) is -1.18. The molecule has 0 heterocycles. The van der Waals surface area contributed by atoms with Crippen molar-refractivity contribution in [2.45, 2.75) is 19.3 Å². The van der Waals surface area contributed by atoms with Crippen LogP contribution in [0.3, 0.4) is 0 Å². The van der Waals surface area contributed by atoms with E-state index in [1.54, 1.807) is 0 Å². The van der Waals surface area contributed by atoms with Crippen LogP contribution in [0.2, 0.25) is 0 Å². The van der Waals surface area contributed by atoms with E-state index in [0.29, 0.717) is 25.9 Å². The molecule has 2 N–H and O–H groups in total.